The molecular formula is C26H34N4O3. The zero-order valence-corrected chi connectivity index (χ0v) is 19.5. The van der Waals surface area contributed by atoms with Crippen LogP contribution in [0.2, 0.25) is 0 Å². The van der Waals surface area contributed by atoms with Crippen molar-refractivity contribution in [2.45, 2.75) is 64.9 Å². The molecule has 2 heterocycles. The summed E-state index contributed by atoms with van der Waals surface area (Å²) in [6.45, 7) is 4.77. The number of fused-ring (bicyclic) bond motifs is 2. The molecule has 4 N–H and O–H groups in total. The van der Waals surface area contributed by atoms with E-state index >= 15 is 0 Å². The fourth-order valence-corrected chi connectivity index (χ4v) is 5.49. The summed E-state index contributed by atoms with van der Waals surface area (Å²) in [6.07, 6.45) is 5.58. The molecule has 3 aromatic rings. The lowest BCUT2D eigenvalue weighted by molar-refractivity contribution is -0.124. The molecule has 7 heteroatoms. The van der Waals surface area contributed by atoms with Gasteiger partial charge in [-0.15, -0.1) is 0 Å². The van der Waals surface area contributed by atoms with Crippen molar-refractivity contribution in [3.8, 4) is 11.4 Å². The number of carbonyl (C=O) groups is 1. The SMILES string of the molecule is CC1(C)CCc2c(-c3cc4ccc(N(CCO)C(=O)[C@H]5CC[C@H](O)CC5)cc4[nH]3)n[nH]c2C1. The van der Waals surface area contributed by atoms with Crippen molar-refractivity contribution in [1.29, 1.82) is 0 Å². The smallest absolute Gasteiger partial charge is 0.230 e. The first kappa shape index (κ1) is 22.2. The van der Waals surface area contributed by atoms with Crippen molar-refractivity contribution < 1.29 is 15.0 Å². The summed E-state index contributed by atoms with van der Waals surface area (Å²) in [5.41, 5.74) is 6.54. The minimum absolute atomic E-state index is 0.0334. The number of hydrogen-bond acceptors (Lipinski definition) is 4. The van der Waals surface area contributed by atoms with Crippen molar-refractivity contribution in [3.63, 3.8) is 0 Å². The van der Waals surface area contributed by atoms with Crippen molar-refractivity contribution >= 4 is 22.5 Å². The highest BCUT2D eigenvalue weighted by atomic mass is 16.3. The van der Waals surface area contributed by atoms with Gasteiger partial charge in [-0.2, -0.15) is 5.10 Å². The third kappa shape index (κ3) is 4.32. The molecule has 0 atom stereocenters. The van der Waals surface area contributed by atoms with E-state index in [0.717, 1.165) is 47.2 Å². The molecule has 7 nitrogen and oxygen atoms in total. The van der Waals surface area contributed by atoms with Gasteiger partial charge in [0, 0.05) is 40.3 Å². The summed E-state index contributed by atoms with van der Waals surface area (Å²) in [5, 5.41) is 28.4. The van der Waals surface area contributed by atoms with Gasteiger partial charge in [0.2, 0.25) is 5.91 Å². The maximum atomic E-state index is 13.2. The van der Waals surface area contributed by atoms with Crippen LogP contribution in [0.15, 0.2) is 24.3 Å². The molecule has 0 unspecified atom stereocenters. The quantitative estimate of drug-likeness (QED) is 0.472. The minimum atomic E-state index is -0.298. The second-order valence-corrected chi connectivity index (χ2v) is 10.5. The Balaban J connectivity index is 1.43. The van der Waals surface area contributed by atoms with Gasteiger partial charge in [-0.1, -0.05) is 19.9 Å². The molecule has 0 radical (unpaired) electrons. The van der Waals surface area contributed by atoms with E-state index in [-0.39, 0.29) is 31.1 Å². The molecule has 0 saturated heterocycles. The summed E-state index contributed by atoms with van der Waals surface area (Å²) in [6, 6.07) is 8.09. The zero-order valence-electron chi connectivity index (χ0n) is 19.5. The van der Waals surface area contributed by atoms with E-state index in [1.165, 1.54) is 11.3 Å². The van der Waals surface area contributed by atoms with Crippen LogP contribution in [0.5, 0.6) is 0 Å². The number of benzene rings is 1. The van der Waals surface area contributed by atoms with E-state index in [2.05, 4.69) is 35.1 Å². The second-order valence-electron chi connectivity index (χ2n) is 10.5. The van der Waals surface area contributed by atoms with Gasteiger partial charge in [0.15, 0.2) is 0 Å². The van der Waals surface area contributed by atoms with E-state index < -0.39 is 0 Å². The molecule has 1 amide bonds. The Morgan fingerprint density at radius 2 is 2.00 bits per heavy atom. The minimum Gasteiger partial charge on any atom is -0.395 e. The first-order chi connectivity index (χ1) is 15.8. The Hall–Kier alpha value is -2.64. The van der Waals surface area contributed by atoms with Gasteiger partial charge in [0.25, 0.3) is 0 Å². The normalized spacial score (nSPS) is 22.3. The van der Waals surface area contributed by atoms with Crippen molar-refractivity contribution in [1.82, 2.24) is 15.2 Å². The van der Waals surface area contributed by atoms with Crippen LogP contribution in [0.25, 0.3) is 22.3 Å². The topological polar surface area (TPSA) is 105 Å². The highest BCUT2D eigenvalue weighted by Gasteiger charge is 2.31. The zero-order chi connectivity index (χ0) is 23.2. The fourth-order valence-electron chi connectivity index (χ4n) is 5.49. The number of hydrogen-bond donors (Lipinski definition) is 4. The van der Waals surface area contributed by atoms with Crippen LogP contribution in [-0.2, 0) is 17.6 Å². The molecule has 176 valence electrons. The number of H-pyrrole nitrogens is 2. The van der Waals surface area contributed by atoms with E-state index in [4.69, 9.17) is 0 Å². The summed E-state index contributed by atoms with van der Waals surface area (Å²) in [4.78, 5) is 18.5. The van der Waals surface area contributed by atoms with Gasteiger partial charge < -0.3 is 20.1 Å². The van der Waals surface area contributed by atoms with Gasteiger partial charge in [-0.25, -0.2) is 0 Å². The lowest BCUT2D eigenvalue weighted by Crippen LogP contribution is -2.40. The van der Waals surface area contributed by atoms with Crippen molar-refractivity contribution in [2.75, 3.05) is 18.1 Å². The van der Waals surface area contributed by atoms with Crippen molar-refractivity contribution in [2.24, 2.45) is 11.3 Å². The van der Waals surface area contributed by atoms with Crippen LogP contribution in [0.4, 0.5) is 5.69 Å². The maximum Gasteiger partial charge on any atom is 0.230 e. The van der Waals surface area contributed by atoms with Crippen molar-refractivity contribution in [3.05, 3.63) is 35.5 Å². The molecule has 2 aliphatic carbocycles. The standard InChI is InChI=1S/C26H34N4O3/c1-26(2)10-9-20-23(15-26)28-29-24(20)22-13-17-3-6-18(14-21(17)27-22)30(11-12-31)25(33)16-4-7-19(32)8-5-16/h3,6,13-14,16,19,27,31-32H,4-5,7-12,15H2,1-2H3,(H,28,29)/t16-,19-. The molecule has 33 heavy (non-hydrogen) atoms. The molecule has 1 saturated carbocycles. The summed E-state index contributed by atoms with van der Waals surface area (Å²) >= 11 is 0. The molecule has 0 aliphatic heterocycles. The Bertz CT molecular complexity index is 1150. The van der Waals surface area contributed by atoms with E-state index in [1.54, 1.807) is 4.90 Å². The van der Waals surface area contributed by atoms with E-state index in [9.17, 15) is 15.0 Å². The Labute approximate surface area is 194 Å². The van der Waals surface area contributed by atoms with Gasteiger partial charge in [-0.3, -0.25) is 9.89 Å². The molecule has 2 aliphatic rings. The van der Waals surface area contributed by atoms with E-state index in [0.29, 0.717) is 31.1 Å². The number of rotatable bonds is 5. The predicted octanol–water partition coefficient (Wildman–Crippen LogP) is 3.95. The number of aromatic nitrogens is 3. The predicted molar refractivity (Wildman–Crippen MR) is 129 cm³/mol. The molecule has 5 rings (SSSR count). The van der Waals surface area contributed by atoms with Crippen LogP contribution in [0, 0.1) is 11.3 Å². The average Bonchev–Trinajstić information content (AvgIpc) is 3.39. The number of carbonyl (C=O) groups excluding carboxylic acids is 1. The number of anilines is 1. The number of nitrogens with zero attached hydrogens (tertiary/aromatic N) is 2. The number of aliphatic hydroxyl groups is 2. The Kier molecular flexibility index (Phi) is 5.79. The number of aromatic amines is 2. The van der Waals surface area contributed by atoms with Gasteiger partial charge in [-0.05, 0) is 68.6 Å². The Morgan fingerprint density at radius 3 is 2.76 bits per heavy atom. The molecule has 1 fully saturated rings. The lowest BCUT2D eigenvalue weighted by atomic mass is 9.76. The van der Waals surface area contributed by atoms with Crippen LogP contribution in [0.1, 0.15) is 57.2 Å². The van der Waals surface area contributed by atoms with Crippen LogP contribution in [-0.4, -0.2) is 50.6 Å². The third-order valence-corrected chi connectivity index (χ3v) is 7.47. The van der Waals surface area contributed by atoms with E-state index in [1.807, 2.05) is 18.2 Å². The fraction of sp³-hybridized carbons (Fsp3) is 0.538. The summed E-state index contributed by atoms with van der Waals surface area (Å²) < 4.78 is 0. The number of nitrogens with one attached hydrogen (secondary N) is 2. The first-order valence-electron chi connectivity index (χ1n) is 12.1. The second kappa shape index (κ2) is 8.61. The van der Waals surface area contributed by atoms with Gasteiger partial charge in [0.1, 0.15) is 5.69 Å². The largest absolute Gasteiger partial charge is 0.395 e. The number of aliphatic hydroxyl groups excluding tert-OH is 2. The highest BCUT2D eigenvalue weighted by Crippen LogP contribution is 2.38. The van der Waals surface area contributed by atoms with Gasteiger partial charge in [0.05, 0.1) is 18.4 Å². The lowest BCUT2D eigenvalue weighted by Gasteiger charge is -2.30. The molecule has 2 aromatic heterocycles. The monoisotopic (exact) mass is 450 g/mol. The molecular weight excluding hydrogens is 416 g/mol. The molecule has 0 bridgehead atoms. The Morgan fingerprint density at radius 1 is 1.21 bits per heavy atom. The third-order valence-electron chi connectivity index (χ3n) is 7.47. The first-order valence-corrected chi connectivity index (χ1v) is 12.1. The maximum absolute atomic E-state index is 13.2. The molecule has 0 spiro atoms. The summed E-state index contributed by atoms with van der Waals surface area (Å²) in [5.74, 6) is -0.0688. The summed E-state index contributed by atoms with van der Waals surface area (Å²) in [7, 11) is 0. The average molecular weight is 451 g/mol. The number of amides is 1. The highest BCUT2D eigenvalue weighted by molar-refractivity contribution is 5.98. The van der Waals surface area contributed by atoms with Gasteiger partial charge >= 0.3 is 0 Å². The molecule has 1 aromatic carbocycles. The van der Waals surface area contributed by atoms with Crippen LogP contribution in [0.3, 0.4) is 0 Å². The van der Waals surface area contributed by atoms with Crippen LogP contribution < -0.4 is 4.90 Å². The van der Waals surface area contributed by atoms with Crippen LogP contribution >= 0.6 is 0 Å².